The van der Waals surface area contributed by atoms with Gasteiger partial charge in [0.25, 0.3) is 0 Å². The summed E-state index contributed by atoms with van der Waals surface area (Å²) in [5, 5.41) is 53.8. The number of aliphatic carboxylic acids is 2. The molecule has 2 aliphatic heterocycles. The summed E-state index contributed by atoms with van der Waals surface area (Å²) in [6.07, 6.45) is -2.27. The van der Waals surface area contributed by atoms with Crippen molar-refractivity contribution in [2.24, 2.45) is 28.9 Å². The number of likely N-dealkylation sites (tertiary alicyclic amines) is 2. The zero-order valence-electron chi connectivity index (χ0n) is 40.3. The molecular weight excluding hydrogens is 941 g/mol. The maximum absolute atomic E-state index is 14.1. The van der Waals surface area contributed by atoms with Crippen LogP contribution >= 0.6 is 0 Å². The maximum Gasteiger partial charge on any atom is 0.326 e. The lowest BCUT2D eigenvalue weighted by Gasteiger charge is -2.32. The van der Waals surface area contributed by atoms with E-state index in [1.165, 1.54) is 4.90 Å². The predicted molar refractivity (Wildman–Crippen MR) is 247 cm³/mol. The molecule has 18 N–H and O–H groups in total. The lowest BCUT2D eigenvalue weighted by Crippen LogP contribution is -2.62. The number of primary amides is 2. The molecule has 0 aromatic carbocycles. The average Bonchev–Trinajstić information content (AvgIpc) is 4.00. The van der Waals surface area contributed by atoms with Gasteiger partial charge in [-0.15, -0.1) is 0 Å². The standard InChI is InChI=1S/C43H72N12O16/c1-21(2)18-26(36(63)50-27(19-32(47)59)37(64)52-28(20-56)38(65)49-25(43(70)71)8-4-5-15-44)51-40(67)30-10-7-17-55(30)42(69)34(22(3)57)53-35(62)24(12-14-33(60)61)48-39(66)29-9-6-16-54(29)41(68)23(45)11-13-31(46)58/h21-30,34,56-57H,4-20,44-45H2,1-3H3,(H2,46,58)(H2,47,59)(H,48,66)(H,49,65)(H,50,63)(H,51,67)(H,52,64)(H,53,62)(H,60,61)(H,70,71)/t22-,23+,24+,25+,26+,27+,28+,29+,30+,34+/m1/s1. The van der Waals surface area contributed by atoms with Crippen LogP contribution < -0.4 is 54.8 Å². The molecule has 0 aromatic rings. The second-order valence-electron chi connectivity index (χ2n) is 18.1. The fourth-order valence-electron chi connectivity index (χ4n) is 8.01. The van der Waals surface area contributed by atoms with Gasteiger partial charge in [0.2, 0.25) is 59.1 Å². The van der Waals surface area contributed by atoms with Crippen LogP contribution in [0.1, 0.15) is 104 Å². The molecule has 71 heavy (non-hydrogen) atoms. The van der Waals surface area contributed by atoms with E-state index in [1.54, 1.807) is 13.8 Å². The molecule has 10 atom stereocenters. The van der Waals surface area contributed by atoms with Crippen molar-refractivity contribution in [3.8, 4) is 0 Å². The van der Waals surface area contributed by atoms with E-state index >= 15 is 0 Å². The van der Waals surface area contributed by atoms with Gasteiger partial charge >= 0.3 is 11.9 Å². The van der Waals surface area contributed by atoms with Gasteiger partial charge in [0.1, 0.15) is 48.3 Å². The van der Waals surface area contributed by atoms with Crippen molar-refractivity contribution in [2.75, 3.05) is 26.2 Å². The van der Waals surface area contributed by atoms with Crippen LogP contribution in [-0.4, -0.2) is 188 Å². The van der Waals surface area contributed by atoms with Crippen LogP contribution in [0.25, 0.3) is 0 Å². The van der Waals surface area contributed by atoms with E-state index in [0.717, 1.165) is 11.8 Å². The van der Waals surface area contributed by atoms with E-state index in [-0.39, 0.29) is 70.5 Å². The minimum atomic E-state index is -1.77. The zero-order chi connectivity index (χ0) is 53.7. The molecule has 2 aliphatic rings. The van der Waals surface area contributed by atoms with Crippen LogP contribution in [-0.2, 0) is 57.5 Å². The molecule has 0 aliphatic carbocycles. The Hall–Kier alpha value is -6.52. The van der Waals surface area contributed by atoms with Crippen LogP contribution in [0.3, 0.4) is 0 Å². The number of nitrogens with one attached hydrogen (secondary N) is 6. The number of rotatable bonds is 31. The van der Waals surface area contributed by atoms with Gasteiger partial charge < -0.3 is 85.1 Å². The Bertz CT molecular complexity index is 1940. The van der Waals surface area contributed by atoms with Crippen LogP contribution in [0.4, 0.5) is 0 Å². The smallest absolute Gasteiger partial charge is 0.326 e. The average molecular weight is 1010 g/mol. The van der Waals surface area contributed by atoms with E-state index in [9.17, 15) is 78.0 Å². The van der Waals surface area contributed by atoms with Crippen molar-refractivity contribution < 1.29 is 78.0 Å². The number of hydrogen-bond donors (Lipinski definition) is 14. The van der Waals surface area contributed by atoms with E-state index in [2.05, 4.69) is 31.9 Å². The maximum atomic E-state index is 14.1. The summed E-state index contributed by atoms with van der Waals surface area (Å²) >= 11 is 0. The Kier molecular flexibility index (Phi) is 25.3. The van der Waals surface area contributed by atoms with Crippen molar-refractivity contribution in [3.63, 3.8) is 0 Å². The number of carbonyl (C=O) groups excluding carboxylic acids is 10. The van der Waals surface area contributed by atoms with Gasteiger partial charge in [-0.25, -0.2) is 4.79 Å². The number of carboxylic acid groups (broad SMARTS) is 2. The largest absolute Gasteiger partial charge is 0.481 e. The van der Waals surface area contributed by atoms with Crippen LogP contribution in [0.5, 0.6) is 0 Å². The Labute approximate surface area is 409 Å². The zero-order valence-corrected chi connectivity index (χ0v) is 40.3. The highest BCUT2D eigenvalue weighted by molar-refractivity contribution is 5.99. The van der Waals surface area contributed by atoms with E-state index in [4.69, 9.17) is 22.9 Å². The molecule has 0 aromatic heterocycles. The molecule has 2 rings (SSSR count). The molecule has 28 heteroatoms. The van der Waals surface area contributed by atoms with Gasteiger partial charge in [-0.3, -0.25) is 52.7 Å². The fraction of sp³-hybridized carbons (Fsp3) is 0.721. The number of hydrogen-bond acceptors (Lipinski definition) is 16. The monoisotopic (exact) mass is 1010 g/mol. The molecule has 10 amide bonds. The van der Waals surface area contributed by atoms with Crippen molar-refractivity contribution in [2.45, 2.75) is 165 Å². The summed E-state index contributed by atoms with van der Waals surface area (Å²) in [4.78, 5) is 158. The van der Waals surface area contributed by atoms with Gasteiger partial charge in [-0.2, -0.15) is 0 Å². The number of aliphatic hydroxyl groups excluding tert-OH is 2. The lowest BCUT2D eigenvalue weighted by atomic mass is 10.0. The summed E-state index contributed by atoms with van der Waals surface area (Å²) in [7, 11) is 0. The van der Waals surface area contributed by atoms with Crippen molar-refractivity contribution >= 4 is 71.0 Å². The number of carbonyl (C=O) groups is 12. The first-order valence-electron chi connectivity index (χ1n) is 23.5. The topological polar surface area (TPSA) is 468 Å². The number of nitrogens with two attached hydrogens (primary N) is 4. The summed E-state index contributed by atoms with van der Waals surface area (Å²) < 4.78 is 0. The number of nitrogens with zero attached hydrogens (tertiary/aromatic N) is 2. The normalized spacial score (nSPS) is 18.9. The fourth-order valence-corrected chi connectivity index (χ4v) is 8.01. The summed E-state index contributed by atoms with van der Waals surface area (Å²) in [6, 6.07) is -13.3. The highest BCUT2D eigenvalue weighted by atomic mass is 16.4. The van der Waals surface area contributed by atoms with Crippen molar-refractivity contribution in [1.82, 2.24) is 41.7 Å². The SMILES string of the molecule is CC(C)C[C@H](NC(=O)[C@@H]1CCCN1C(=O)[C@@H](NC(=O)[C@H](CCC(=O)O)NC(=O)[C@@H]1CCCN1C(=O)[C@@H](N)CCC(N)=O)[C@@H](C)O)C(=O)N[C@@H](CC(N)=O)C(=O)N[C@@H](CO)C(=O)N[C@@H](CCCCN)C(=O)O. The Morgan fingerprint density at radius 3 is 1.61 bits per heavy atom. The van der Waals surface area contributed by atoms with Crippen molar-refractivity contribution in [3.05, 3.63) is 0 Å². The minimum absolute atomic E-state index is 0.0116. The molecule has 2 saturated heterocycles. The number of aliphatic hydroxyl groups is 2. The second kappa shape index (κ2) is 29.6. The molecule has 400 valence electrons. The lowest BCUT2D eigenvalue weighted by molar-refractivity contribution is -0.145. The first-order chi connectivity index (χ1) is 33.3. The quantitative estimate of drug-likeness (QED) is 0.0287. The molecule has 2 fully saturated rings. The third-order valence-electron chi connectivity index (χ3n) is 11.8. The minimum Gasteiger partial charge on any atom is -0.481 e. The molecule has 0 saturated carbocycles. The molecular formula is C43H72N12O16. The highest BCUT2D eigenvalue weighted by Crippen LogP contribution is 2.22. The van der Waals surface area contributed by atoms with Gasteiger partial charge in [0, 0.05) is 25.9 Å². The summed E-state index contributed by atoms with van der Waals surface area (Å²) in [5.41, 5.74) is 21.9. The number of carboxylic acids is 2. The molecule has 0 unspecified atom stereocenters. The highest BCUT2D eigenvalue weighted by Gasteiger charge is 2.43. The summed E-state index contributed by atoms with van der Waals surface area (Å²) in [5.74, 6) is -12.4. The van der Waals surface area contributed by atoms with Crippen molar-refractivity contribution in [1.29, 1.82) is 0 Å². The second-order valence-corrected chi connectivity index (χ2v) is 18.1. The van der Waals surface area contributed by atoms with E-state index in [0.29, 0.717) is 19.3 Å². The van der Waals surface area contributed by atoms with Gasteiger partial charge in [0.15, 0.2) is 0 Å². The van der Waals surface area contributed by atoms with E-state index in [1.807, 2.05) is 0 Å². The first-order valence-corrected chi connectivity index (χ1v) is 23.5. The van der Waals surface area contributed by atoms with Crippen LogP contribution in [0, 0.1) is 5.92 Å². The van der Waals surface area contributed by atoms with Crippen LogP contribution in [0.2, 0.25) is 0 Å². The van der Waals surface area contributed by atoms with Gasteiger partial charge in [-0.05, 0) is 83.6 Å². The van der Waals surface area contributed by atoms with E-state index < -0.39 is 157 Å². The Morgan fingerprint density at radius 2 is 1.11 bits per heavy atom. The Morgan fingerprint density at radius 1 is 0.606 bits per heavy atom. The summed E-state index contributed by atoms with van der Waals surface area (Å²) in [6.45, 7) is 3.87. The van der Waals surface area contributed by atoms with Gasteiger partial charge in [0.05, 0.1) is 25.2 Å². The number of amides is 10. The molecule has 0 bridgehead atoms. The predicted octanol–water partition coefficient (Wildman–Crippen LogP) is -6.16. The number of unbranched alkanes of at least 4 members (excludes halogenated alkanes) is 1. The molecule has 0 spiro atoms. The Balaban J connectivity index is 2.27. The molecule has 28 nitrogen and oxygen atoms in total. The third kappa shape index (κ3) is 19.7. The molecule has 2 heterocycles. The molecule has 0 radical (unpaired) electrons. The van der Waals surface area contributed by atoms with Crippen LogP contribution in [0.15, 0.2) is 0 Å². The first kappa shape index (κ1) is 60.6. The van der Waals surface area contributed by atoms with Gasteiger partial charge in [-0.1, -0.05) is 13.8 Å². The third-order valence-corrected chi connectivity index (χ3v) is 11.8.